The zero-order valence-electron chi connectivity index (χ0n) is 17.8. The first kappa shape index (κ1) is 22.1. The highest BCUT2D eigenvalue weighted by molar-refractivity contribution is 6.00. The zero-order chi connectivity index (χ0) is 22.4. The van der Waals surface area contributed by atoms with Crippen molar-refractivity contribution in [1.82, 2.24) is 5.32 Å². The summed E-state index contributed by atoms with van der Waals surface area (Å²) in [6.45, 7) is 1.61. The van der Waals surface area contributed by atoms with Gasteiger partial charge in [-0.1, -0.05) is 30.3 Å². The molecule has 1 saturated heterocycles. The van der Waals surface area contributed by atoms with Crippen molar-refractivity contribution in [1.29, 1.82) is 0 Å². The third-order valence-electron chi connectivity index (χ3n) is 5.16. The van der Waals surface area contributed by atoms with Crippen LogP contribution in [-0.2, 0) is 19.1 Å². The Morgan fingerprint density at radius 2 is 1.87 bits per heavy atom. The summed E-state index contributed by atoms with van der Waals surface area (Å²) in [6, 6.07) is 14.4. The van der Waals surface area contributed by atoms with E-state index in [0.29, 0.717) is 17.2 Å². The lowest BCUT2D eigenvalue weighted by Gasteiger charge is -2.20. The van der Waals surface area contributed by atoms with Crippen LogP contribution in [0.4, 0.5) is 5.69 Å². The number of carbonyl (C=O) groups excluding carboxylic acids is 3. The Hall–Kier alpha value is -3.55. The minimum absolute atomic E-state index is 0.00997. The number of benzene rings is 2. The molecule has 164 valence electrons. The Morgan fingerprint density at radius 1 is 1.13 bits per heavy atom. The van der Waals surface area contributed by atoms with Crippen LogP contribution in [0, 0.1) is 5.92 Å². The molecular weight excluding hydrogens is 400 g/mol. The van der Waals surface area contributed by atoms with Crippen molar-refractivity contribution < 1.29 is 28.6 Å². The average Bonchev–Trinajstić information content (AvgIpc) is 3.18. The predicted octanol–water partition coefficient (Wildman–Crippen LogP) is 2.48. The number of anilines is 1. The van der Waals surface area contributed by atoms with Crippen molar-refractivity contribution in [3.8, 4) is 11.5 Å². The summed E-state index contributed by atoms with van der Waals surface area (Å²) in [5, 5.41) is 2.79. The van der Waals surface area contributed by atoms with E-state index in [1.54, 1.807) is 18.2 Å². The van der Waals surface area contributed by atoms with Crippen LogP contribution in [0.3, 0.4) is 0 Å². The second-order valence-electron chi connectivity index (χ2n) is 7.25. The van der Waals surface area contributed by atoms with Gasteiger partial charge in [-0.2, -0.15) is 0 Å². The summed E-state index contributed by atoms with van der Waals surface area (Å²) < 4.78 is 15.7. The molecular formula is C23H26N2O6. The van der Waals surface area contributed by atoms with Gasteiger partial charge in [-0.05, 0) is 24.6 Å². The molecule has 0 radical (unpaired) electrons. The molecule has 0 aromatic heterocycles. The van der Waals surface area contributed by atoms with E-state index < -0.39 is 24.4 Å². The zero-order valence-corrected chi connectivity index (χ0v) is 17.8. The predicted molar refractivity (Wildman–Crippen MR) is 114 cm³/mol. The van der Waals surface area contributed by atoms with Crippen LogP contribution in [0.1, 0.15) is 24.9 Å². The van der Waals surface area contributed by atoms with E-state index in [9.17, 15) is 14.4 Å². The lowest BCUT2D eigenvalue weighted by Crippen LogP contribution is -2.32. The third kappa shape index (κ3) is 5.33. The van der Waals surface area contributed by atoms with Crippen molar-refractivity contribution in [2.75, 3.05) is 32.3 Å². The summed E-state index contributed by atoms with van der Waals surface area (Å²) in [4.78, 5) is 38.6. The number of carbonyl (C=O) groups is 3. The molecule has 1 aliphatic rings. The molecule has 1 heterocycles. The van der Waals surface area contributed by atoms with E-state index in [1.807, 2.05) is 37.3 Å². The van der Waals surface area contributed by atoms with Gasteiger partial charge in [0.1, 0.15) is 11.5 Å². The van der Waals surface area contributed by atoms with Gasteiger partial charge in [0.2, 0.25) is 5.91 Å². The molecule has 1 N–H and O–H groups in total. The van der Waals surface area contributed by atoms with Gasteiger partial charge in [0.05, 0.1) is 31.9 Å². The third-order valence-corrected chi connectivity index (χ3v) is 5.16. The largest absolute Gasteiger partial charge is 0.497 e. The second kappa shape index (κ2) is 9.97. The van der Waals surface area contributed by atoms with Crippen molar-refractivity contribution >= 4 is 23.5 Å². The van der Waals surface area contributed by atoms with Gasteiger partial charge in [0.25, 0.3) is 5.91 Å². The number of nitrogens with zero attached hydrogens (tertiary/aromatic N) is 1. The van der Waals surface area contributed by atoms with Gasteiger partial charge in [-0.15, -0.1) is 0 Å². The normalized spacial score (nSPS) is 16.5. The molecule has 2 aromatic carbocycles. The monoisotopic (exact) mass is 426 g/mol. The molecule has 31 heavy (non-hydrogen) atoms. The van der Waals surface area contributed by atoms with Crippen LogP contribution in [0.2, 0.25) is 0 Å². The number of nitrogens with one attached hydrogen (secondary N) is 1. The SMILES string of the molecule is COc1ccc(N2C[C@H](C(=O)OCC(=O)N[C@@H](C)c3ccccc3)CC2=O)c(OC)c1. The first-order valence-corrected chi connectivity index (χ1v) is 9.96. The van der Waals surface area contributed by atoms with Gasteiger partial charge in [-0.25, -0.2) is 0 Å². The van der Waals surface area contributed by atoms with Crippen LogP contribution >= 0.6 is 0 Å². The van der Waals surface area contributed by atoms with Crippen molar-refractivity contribution in [3.63, 3.8) is 0 Å². The van der Waals surface area contributed by atoms with Crippen LogP contribution < -0.4 is 19.7 Å². The first-order chi connectivity index (χ1) is 14.9. The Morgan fingerprint density at radius 3 is 2.55 bits per heavy atom. The number of rotatable bonds is 8. The van der Waals surface area contributed by atoms with E-state index in [2.05, 4.69) is 5.32 Å². The molecule has 8 heteroatoms. The maximum absolute atomic E-state index is 12.5. The fourth-order valence-electron chi connectivity index (χ4n) is 3.47. The lowest BCUT2D eigenvalue weighted by molar-refractivity contribution is -0.152. The highest BCUT2D eigenvalue weighted by Crippen LogP contribution is 2.36. The van der Waals surface area contributed by atoms with Gasteiger partial charge >= 0.3 is 5.97 Å². The topological polar surface area (TPSA) is 94.2 Å². The minimum atomic E-state index is -0.654. The highest BCUT2D eigenvalue weighted by atomic mass is 16.5. The maximum Gasteiger partial charge on any atom is 0.311 e. The minimum Gasteiger partial charge on any atom is -0.497 e. The van der Waals surface area contributed by atoms with Crippen molar-refractivity contribution in [2.24, 2.45) is 5.92 Å². The summed E-state index contributed by atoms with van der Waals surface area (Å²) in [6.07, 6.45) is 0.00997. The van der Waals surface area contributed by atoms with E-state index in [0.717, 1.165) is 5.56 Å². The Labute approximate surface area is 181 Å². The van der Waals surface area contributed by atoms with E-state index in [-0.39, 0.29) is 24.9 Å². The molecule has 0 saturated carbocycles. The summed E-state index contributed by atoms with van der Waals surface area (Å²) in [7, 11) is 3.04. The first-order valence-electron chi connectivity index (χ1n) is 9.96. The highest BCUT2D eigenvalue weighted by Gasteiger charge is 2.37. The number of amides is 2. The second-order valence-corrected chi connectivity index (χ2v) is 7.25. The fourth-order valence-corrected chi connectivity index (χ4v) is 3.47. The number of methoxy groups -OCH3 is 2. The number of hydrogen-bond donors (Lipinski definition) is 1. The molecule has 0 aliphatic carbocycles. The van der Waals surface area contributed by atoms with Gasteiger partial charge in [0, 0.05) is 19.0 Å². The van der Waals surface area contributed by atoms with Crippen LogP contribution in [-0.4, -0.2) is 45.2 Å². The molecule has 1 fully saturated rings. The van der Waals surface area contributed by atoms with Gasteiger partial charge in [0.15, 0.2) is 6.61 Å². The smallest absolute Gasteiger partial charge is 0.311 e. The Balaban J connectivity index is 1.55. The standard InChI is InChI=1S/C23H26N2O6/c1-15(16-7-5-4-6-8-16)24-21(26)14-31-23(28)17-11-22(27)25(13-17)19-10-9-18(29-2)12-20(19)30-3/h4-10,12,15,17H,11,13-14H2,1-3H3,(H,24,26)/t15-,17+/m0/s1. The van der Waals surface area contributed by atoms with Gasteiger partial charge in [-0.3, -0.25) is 14.4 Å². The Kier molecular flexibility index (Phi) is 7.12. The average molecular weight is 426 g/mol. The number of hydrogen-bond acceptors (Lipinski definition) is 6. The maximum atomic E-state index is 12.5. The van der Waals surface area contributed by atoms with E-state index >= 15 is 0 Å². The fraction of sp³-hybridized carbons (Fsp3) is 0.348. The quantitative estimate of drug-likeness (QED) is 0.652. The molecule has 1 aliphatic heterocycles. The summed E-state index contributed by atoms with van der Waals surface area (Å²) in [5.41, 5.74) is 1.51. The van der Waals surface area contributed by atoms with Crippen LogP contribution in [0.15, 0.2) is 48.5 Å². The van der Waals surface area contributed by atoms with Crippen molar-refractivity contribution in [2.45, 2.75) is 19.4 Å². The van der Waals surface area contributed by atoms with Crippen LogP contribution in [0.25, 0.3) is 0 Å². The summed E-state index contributed by atoms with van der Waals surface area (Å²) in [5.74, 6) is -0.783. The molecule has 0 unspecified atom stereocenters. The van der Waals surface area contributed by atoms with Gasteiger partial charge < -0.3 is 24.4 Å². The van der Waals surface area contributed by atoms with Crippen molar-refractivity contribution in [3.05, 3.63) is 54.1 Å². The molecule has 2 amide bonds. The Bertz CT molecular complexity index is 946. The van der Waals surface area contributed by atoms with Crippen LogP contribution in [0.5, 0.6) is 11.5 Å². The molecule has 0 spiro atoms. The molecule has 2 atom stereocenters. The number of esters is 1. The van der Waals surface area contributed by atoms with E-state index in [1.165, 1.54) is 19.1 Å². The lowest BCUT2D eigenvalue weighted by atomic mass is 10.1. The molecule has 8 nitrogen and oxygen atoms in total. The van der Waals surface area contributed by atoms with E-state index in [4.69, 9.17) is 14.2 Å². The molecule has 0 bridgehead atoms. The molecule has 2 aromatic rings. The summed E-state index contributed by atoms with van der Waals surface area (Å²) >= 11 is 0. The number of ether oxygens (including phenoxy) is 3. The molecule has 3 rings (SSSR count).